The number of nitrogens with one attached hydrogen (secondary N) is 1. The van der Waals surface area contributed by atoms with Crippen molar-refractivity contribution in [3.63, 3.8) is 0 Å². The molecule has 2 aliphatic carbocycles. The van der Waals surface area contributed by atoms with E-state index in [1.807, 2.05) is 7.05 Å². The molecule has 104 valence electrons. The molecule has 4 atom stereocenters. The van der Waals surface area contributed by atoms with Gasteiger partial charge in [-0.3, -0.25) is 4.79 Å². The lowest BCUT2D eigenvalue weighted by atomic mass is 9.84. The molecule has 4 heteroatoms. The van der Waals surface area contributed by atoms with Crippen LogP contribution in [0, 0.1) is 24.7 Å². The molecule has 4 unspecified atom stereocenters. The van der Waals surface area contributed by atoms with Crippen LogP contribution >= 0.6 is 0 Å². The van der Waals surface area contributed by atoms with Gasteiger partial charge in [0.25, 0.3) is 0 Å². The number of aromatic nitrogens is 1. The summed E-state index contributed by atoms with van der Waals surface area (Å²) in [5.74, 6) is 1.30. The van der Waals surface area contributed by atoms with Crippen LogP contribution in [0.25, 0.3) is 0 Å². The second-order valence-corrected chi connectivity index (χ2v) is 6.18. The third-order valence-electron chi connectivity index (χ3n) is 5.20. The van der Waals surface area contributed by atoms with Crippen molar-refractivity contribution in [3.05, 3.63) is 23.5 Å². The van der Waals surface area contributed by atoms with Crippen molar-refractivity contribution in [1.82, 2.24) is 9.88 Å². The van der Waals surface area contributed by atoms with Gasteiger partial charge in [-0.2, -0.15) is 0 Å². The Labute approximate surface area is 114 Å². The summed E-state index contributed by atoms with van der Waals surface area (Å²) >= 11 is 0. The van der Waals surface area contributed by atoms with Crippen molar-refractivity contribution in [2.24, 2.45) is 30.5 Å². The number of carbonyl (C=O) groups excluding carboxylic acids is 1. The molecule has 0 saturated heterocycles. The van der Waals surface area contributed by atoms with E-state index in [1.54, 1.807) is 0 Å². The van der Waals surface area contributed by atoms with Gasteiger partial charge in [0.05, 0.1) is 12.5 Å². The molecule has 2 aliphatic rings. The summed E-state index contributed by atoms with van der Waals surface area (Å²) in [6, 6.07) is 4.22. The summed E-state index contributed by atoms with van der Waals surface area (Å²) in [5, 5.41) is 3.07. The highest BCUT2D eigenvalue weighted by Gasteiger charge is 2.48. The predicted molar refractivity (Wildman–Crippen MR) is 74.3 cm³/mol. The number of hydrogen-bond acceptors (Lipinski definition) is 2. The number of nitrogens with zero attached hydrogens (tertiary/aromatic N) is 1. The molecule has 4 nitrogen and oxygen atoms in total. The Bertz CT molecular complexity index is 492. The largest absolute Gasteiger partial charge is 0.350 e. The average Bonchev–Trinajstić information content (AvgIpc) is 3.05. The fourth-order valence-electron chi connectivity index (χ4n) is 3.86. The normalized spacial score (nSPS) is 32.8. The van der Waals surface area contributed by atoms with Crippen LogP contribution in [0.4, 0.5) is 0 Å². The zero-order chi connectivity index (χ0) is 13.6. The van der Waals surface area contributed by atoms with Crippen LogP contribution in [-0.2, 0) is 18.4 Å². The van der Waals surface area contributed by atoms with Gasteiger partial charge >= 0.3 is 0 Å². The van der Waals surface area contributed by atoms with Crippen molar-refractivity contribution < 1.29 is 4.79 Å². The van der Waals surface area contributed by atoms with Gasteiger partial charge in [0.2, 0.25) is 5.91 Å². The lowest BCUT2D eigenvalue weighted by molar-refractivity contribution is -0.127. The van der Waals surface area contributed by atoms with Crippen LogP contribution in [-0.4, -0.2) is 16.5 Å². The fraction of sp³-hybridized carbons (Fsp3) is 0.667. The molecule has 3 N–H and O–H groups in total. The fourth-order valence-corrected chi connectivity index (χ4v) is 3.86. The summed E-state index contributed by atoms with van der Waals surface area (Å²) in [6.07, 6.45) is 3.55. The highest BCUT2D eigenvalue weighted by Crippen LogP contribution is 2.47. The topological polar surface area (TPSA) is 60.1 Å². The van der Waals surface area contributed by atoms with Crippen LogP contribution < -0.4 is 11.1 Å². The minimum Gasteiger partial charge on any atom is -0.350 e. The predicted octanol–water partition coefficient (Wildman–Crippen LogP) is 1.32. The van der Waals surface area contributed by atoms with E-state index in [9.17, 15) is 4.79 Å². The number of nitrogens with two attached hydrogens (primary N) is 1. The smallest absolute Gasteiger partial charge is 0.225 e. The molecule has 0 aromatic carbocycles. The number of carbonyl (C=O) groups is 1. The quantitative estimate of drug-likeness (QED) is 0.862. The second kappa shape index (κ2) is 4.67. The Balaban J connectivity index is 1.62. The molecule has 0 radical (unpaired) electrons. The maximum absolute atomic E-state index is 12.3. The molecule has 2 fully saturated rings. The third-order valence-corrected chi connectivity index (χ3v) is 5.20. The molecule has 1 heterocycles. The summed E-state index contributed by atoms with van der Waals surface area (Å²) in [7, 11) is 2.03. The SMILES string of the molecule is Cc1ccc(CNC(=O)C2C3CCC(C3)C2N)n1C. The lowest BCUT2D eigenvalue weighted by Gasteiger charge is -2.27. The van der Waals surface area contributed by atoms with E-state index in [1.165, 1.54) is 18.5 Å². The Morgan fingerprint density at radius 3 is 2.74 bits per heavy atom. The van der Waals surface area contributed by atoms with Gasteiger partial charge in [-0.05, 0) is 50.2 Å². The maximum Gasteiger partial charge on any atom is 0.225 e. The van der Waals surface area contributed by atoms with E-state index < -0.39 is 0 Å². The zero-order valence-electron chi connectivity index (χ0n) is 11.7. The molecule has 1 amide bonds. The first-order valence-corrected chi connectivity index (χ1v) is 7.22. The molecule has 2 saturated carbocycles. The monoisotopic (exact) mass is 261 g/mol. The van der Waals surface area contributed by atoms with Crippen molar-refractivity contribution in [2.75, 3.05) is 0 Å². The third kappa shape index (κ3) is 2.08. The van der Waals surface area contributed by atoms with Crippen LogP contribution in [0.15, 0.2) is 12.1 Å². The maximum atomic E-state index is 12.3. The van der Waals surface area contributed by atoms with Crippen molar-refractivity contribution in [1.29, 1.82) is 0 Å². The second-order valence-electron chi connectivity index (χ2n) is 6.18. The first-order chi connectivity index (χ1) is 9.08. The van der Waals surface area contributed by atoms with E-state index in [2.05, 4.69) is 28.9 Å². The van der Waals surface area contributed by atoms with Crippen molar-refractivity contribution in [2.45, 2.75) is 38.8 Å². The minimum atomic E-state index is 0.0418. The van der Waals surface area contributed by atoms with Crippen LogP contribution in [0.5, 0.6) is 0 Å². The van der Waals surface area contributed by atoms with Crippen molar-refractivity contribution >= 4 is 5.91 Å². The van der Waals surface area contributed by atoms with Gasteiger partial charge < -0.3 is 15.6 Å². The van der Waals surface area contributed by atoms with Gasteiger partial charge in [0, 0.05) is 24.5 Å². The highest BCUT2D eigenvalue weighted by molar-refractivity contribution is 5.80. The van der Waals surface area contributed by atoms with Gasteiger partial charge in [-0.25, -0.2) is 0 Å². The van der Waals surface area contributed by atoms with E-state index in [0.717, 1.165) is 12.1 Å². The Morgan fingerprint density at radius 1 is 1.42 bits per heavy atom. The van der Waals surface area contributed by atoms with Crippen LogP contribution in [0.1, 0.15) is 30.7 Å². The number of amides is 1. The van der Waals surface area contributed by atoms with Gasteiger partial charge in [-0.15, -0.1) is 0 Å². The summed E-state index contributed by atoms with van der Waals surface area (Å²) in [5.41, 5.74) is 8.55. The van der Waals surface area contributed by atoms with E-state index in [4.69, 9.17) is 5.73 Å². The molecule has 1 aromatic rings. The van der Waals surface area contributed by atoms with E-state index in [-0.39, 0.29) is 17.9 Å². The molecular weight excluding hydrogens is 238 g/mol. The average molecular weight is 261 g/mol. The Kier molecular flexibility index (Phi) is 3.13. The standard InChI is InChI=1S/C15H23N3O/c1-9-3-6-12(18(9)2)8-17-15(19)13-10-4-5-11(7-10)14(13)16/h3,6,10-11,13-14H,4-5,7-8,16H2,1-2H3,(H,17,19). The number of aryl methyl sites for hydroxylation is 1. The molecule has 19 heavy (non-hydrogen) atoms. The zero-order valence-corrected chi connectivity index (χ0v) is 11.7. The number of hydrogen-bond donors (Lipinski definition) is 2. The number of rotatable bonds is 3. The molecule has 0 aliphatic heterocycles. The molecule has 1 aromatic heterocycles. The van der Waals surface area contributed by atoms with Crippen molar-refractivity contribution in [3.8, 4) is 0 Å². The minimum absolute atomic E-state index is 0.0418. The summed E-state index contributed by atoms with van der Waals surface area (Å²) in [4.78, 5) is 12.3. The number of fused-ring (bicyclic) bond motifs is 2. The van der Waals surface area contributed by atoms with Gasteiger partial charge in [-0.1, -0.05) is 0 Å². The van der Waals surface area contributed by atoms with E-state index in [0.29, 0.717) is 18.4 Å². The van der Waals surface area contributed by atoms with Gasteiger partial charge in [0.15, 0.2) is 0 Å². The lowest BCUT2D eigenvalue weighted by Crippen LogP contribution is -2.45. The van der Waals surface area contributed by atoms with Gasteiger partial charge in [0.1, 0.15) is 0 Å². The van der Waals surface area contributed by atoms with Crippen LogP contribution in [0.2, 0.25) is 0 Å². The highest BCUT2D eigenvalue weighted by atomic mass is 16.1. The van der Waals surface area contributed by atoms with E-state index >= 15 is 0 Å². The molecule has 2 bridgehead atoms. The summed E-state index contributed by atoms with van der Waals surface area (Å²) < 4.78 is 2.11. The summed E-state index contributed by atoms with van der Waals surface area (Å²) in [6.45, 7) is 2.67. The first kappa shape index (κ1) is 12.7. The molecule has 3 rings (SSSR count). The Hall–Kier alpha value is -1.29. The first-order valence-electron chi connectivity index (χ1n) is 7.22. The Morgan fingerprint density at radius 2 is 2.16 bits per heavy atom. The molecular formula is C15H23N3O. The van der Waals surface area contributed by atoms with Crippen LogP contribution in [0.3, 0.4) is 0 Å². The molecule has 0 spiro atoms.